The first-order valence-corrected chi connectivity index (χ1v) is 11.6. The average molecular weight is 457 g/mol. The maximum Gasteiger partial charge on any atom is 0.268 e. The molecule has 0 aliphatic carbocycles. The van der Waals surface area contributed by atoms with Crippen LogP contribution in [0.1, 0.15) is 51.9 Å². The Hall–Kier alpha value is -3.94. The van der Waals surface area contributed by atoms with Gasteiger partial charge in [0.25, 0.3) is 5.91 Å². The Labute approximate surface area is 198 Å². The molecule has 0 saturated carbocycles. The molecule has 2 N–H and O–H groups in total. The summed E-state index contributed by atoms with van der Waals surface area (Å²) in [5.74, 6) is -0.138. The standard InChI is InChI=1S/C26H28N6O2/c1-17-5-3-7-19-13-22(29-24(17)19)26(34)30-21(25-18(2)6-4-10-28-25)8-9-23(33)31-11-12-32-16-27-14-20(32)15-31/h3-7,10,13-14,16,21,29H,8-9,11-12,15H2,1-2H3,(H,30,34). The van der Waals surface area contributed by atoms with Crippen molar-refractivity contribution in [2.24, 2.45) is 0 Å². The van der Waals surface area contributed by atoms with Crippen LogP contribution in [0.2, 0.25) is 0 Å². The van der Waals surface area contributed by atoms with Crippen molar-refractivity contribution in [2.45, 2.75) is 45.8 Å². The van der Waals surface area contributed by atoms with E-state index in [0.29, 0.717) is 31.6 Å². The van der Waals surface area contributed by atoms with Gasteiger partial charge in [0.05, 0.1) is 30.3 Å². The number of aryl methyl sites for hydroxylation is 2. The summed E-state index contributed by atoms with van der Waals surface area (Å²) < 4.78 is 2.08. The smallest absolute Gasteiger partial charge is 0.268 e. The lowest BCUT2D eigenvalue weighted by Gasteiger charge is -2.29. The third-order valence-electron chi connectivity index (χ3n) is 6.56. The van der Waals surface area contributed by atoms with Gasteiger partial charge in [0, 0.05) is 42.8 Å². The molecule has 0 spiro atoms. The Kier molecular flexibility index (Phi) is 5.88. The van der Waals surface area contributed by atoms with E-state index in [1.54, 1.807) is 12.5 Å². The number of fused-ring (bicyclic) bond motifs is 2. The summed E-state index contributed by atoms with van der Waals surface area (Å²) in [6.07, 6.45) is 6.12. The molecule has 2 amide bonds. The zero-order chi connectivity index (χ0) is 23.7. The molecule has 4 heterocycles. The normalized spacial score (nSPS) is 14.1. The molecule has 1 unspecified atom stereocenters. The van der Waals surface area contributed by atoms with E-state index < -0.39 is 0 Å². The van der Waals surface area contributed by atoms with Crippen LogP contribution in [-0.4, -0.2) is 42.8 Å². The molecule has 0 bridgehead atoms. The number of aromatic amines is 1. The van der Waals surface area contributed by atoms with Crippen molar-refractivity contribution in [3.63, 3.8) is 0 Å². The number of aromatic nitrogens is 4. The molecule has 8 nitrogen and oxygen atoms in total. The minimum absolute atomic E-state index is 0.0709. The fourth-order valence-electron chi connectivity index (χ4n) is 4.63. The first-order chi connectivity index (χ1) is 16.5. The number of carbonyl (C=O) groups is 2. The number of nitrogens with zero attached hydrogens (tertiary/aromatic N) is 4. The topological polar surface area (TPSA) is 95.9 Å². The number of amides is 2. The molecule has 8 heteroatoms. The highest BCUT2D eigenvalue weighted by Crippen LogP contribution is 2.24. The zero-order valence-electron chi connectivity index (χ0n) is 19.4. The van der Waals surface area contributed by atoms with Crippen LogP contribution in [0.5, 0.6) is 0 Å². The lowest BCUT2D eigenvalue weighted by molar-refractivity contribution is -0.132. The number of para-hydroxylation sites is 1. The van der Waals surface area contributed by atoms with E-state index in [-0.39, 0.29) is 17.9 Å². The van der Waals surface area contributed by atoms with Crippen molar-refractivity contribution in [3.05, 3.63) is 83.3 Å². The summed E-state index contributed by atoms with van der Waals surface area (Å²) in [5.41, 5.74) is 5.35. The molecule has 0 fully saturated rings. The van der Waals surface area contributed by atoms with E-state index in [1.807, 2.05) is 61.3 Å². The summed E-state index contributed by atoms with van der Waals surface area (Å²) in [6.45, 7) is 5.96. The van der Waals surface area contributed by atoms with E-state index in [4.69, 9.17) is 0 Å². The summed E-state index contributed by atoms with van der Waals surface area (Å²) in [4.78, 5) is 40.0. The molecule has 174 valence electrons. The molecule has 4 aromatic rings. The molecule has 1 aliphatic heterocycles. The Bertz CT molecular complexity index is 1350. The van der Waals surface area contributed by atoms with Gasteiger partial charge in [-0.3, -0.25) is 14.6 Å². The lowest BCUT2D eigenvalue weighted by Crippen LogP contribution is -2.38. The van der Waals surface area contributed by atoms with Crippen molar-refractivity contribution < 1.29 is 9.59 Å². The van der Waals surface area contributed by atoms with E-state index in [1.165, 1.54) is 0 Å². The molecule has 0 radical (unpaired) electrons. The lowest BCUT2D eigenvalue weighted by atomic mass is 10.0. The van der Waals surface area contributed by atoms with Crippen LogP contribution in [0.3, 0.4) is 0 Å². The van der Waals surface area contributed by atoms with Gasteiger partial charge in [-0.25, -0.2) is 4.98 Å². The fraction of sp³-hybridized carbons (Fsp3) is 0.308. The maximum atomic E-state index is 13.2. The van der Waals surface area contributed by atoms with Crippen molar-refractivity contribution in [1.82, 2.24) is 29.7 Å². The Morgan fingerprint density at radius 3 is 2.82 bits per heavy atom. The predicted molar refractivity (Wildman–Crippen MR) is 129 cm³/mol. The highest BCUT2D eigenvalue weighted by atomic mass is 16.2. The average Bonchev–Trinajstić information content (AvgIpc) is 3.49. The molecule has 3 aromatic heterocycles. The van der Waals surface area contributed by atoms with Gasteiger partial charge in [0.15, 0.2) is 0 Å². The number of imidazole rings is 1. The summed E-state index contributed by atoms with van der Waals surface area (Å²) >= 11 is 0. The molecular weight excluding hydrogens is 428 g/mol. The van der Waals surface area contributed by atoms with Crippen LogP contribution in [-0.2, 0) is 17.9 Å². The molecule has 34 heavy (non-hydrogen) atoms. The maximum absolute atomic E-state index is 13.2. The second-order valence-corrected chi connectivity index (χ2v) is 8.89. The van der Waals surface area contributed by atoms with Gasteiger partial charge in [-0.15, -0.1) is 0 Å². The summed E-state index contributed by atoms with van der Waals surface area (Å²) in [7, 11) is 0. The van der Waals surface area contributed by atoms with Gasteiger partial charge in [-0.05, 0) is 43.5 Å². The Morgan fingerprint density at radius 1 is 1.15 bits per heavy atom. The number of hydrogen-bond acceptors (Lipinski definition) is 4. The van der Waals surface area contributed by atoms with Crippen molar-refractivity contribution in [3.8, 4) is 0 Å². The third-order valence-corrected chi connectivity index (χ3v) is 6.56. The van der Waals surface area contributed by atoms with Crippen molar-refractivity contribution in [1.29, 1.82) is 0 Å². The van der Waals surface area contributed by atoms with Gasteiger partial charge in [0.2, 0.25) is 5.91 Å². The van der Waals surface area contributed by atoms with E-state index >= 15 is 0 Å². The first kappa shape index (κ1) is 21.9. The SMILES string of the molecule is Cc1cccnc1C(CCC(=O)N1CCn2cncc2C1)NC(=O)c1cc2cccc(C)c2[nH]1. The van der Waals surface area contributed by atoms with Gasteiger partial charge in [-0.2, -0.15) is 0 Å². The van der Waals surface area contributed by atoms with Crippen LogP contribution in [0.4, 0.5) is 0 Å². The molecule has 5 rings (SSSR count). The largest absolute Gasteiger partial charge is 0.350 e. The van der Waals surface area contributed by atoms with Gasteiger partial charge in [0.1, 0.15) is 5.69 Å². The molecule has 1 aliphatic rings. The molecule has 1 atom stereocenters. The zero-order valence-corrected chi connectivity index (χ0v) is 19.4. The predicted octanol–water partition coefficient (Wildman–Crippen LogP) is 3.67. The summed E-state index contributed by atoms with van der Waals surface area (Å²) in [5, 5.41) is 4.12. The minimum atomic E-state index is -0.375. The monoisotopic (exact) mass is 456 g/mol. The number of hydrogen-bond donors (Lipinski definition) is 2. The molecule has 0 saturated heterocycles. The fourth-order valence-corrected chi connectivity index (χ4v) is 4.63. The Morgan fingerprint density at radius 2 is 2.00 bits per heavy atom. The van der Waals surface area contributed by atoms with Crippen LogP contribution >= 0.6 is 0 Å². The highest BCUT2D eigenvalue weighted by Gasteiger charge is 2.24. The highest BCUT2D eigenvalue weighted by molar-refractivity contribution is 5.98. The van der Waals surface area contributed by atoms with Crippen LogP contribution < -0.4 is 5.32 Å². The Balaban J connectivity index is 1.32. The van der Waals surface area contributed by atoms with Crippen LogP contribution in [0, 0.1) is 13.8 Å². The molecular formula is C26H28N6O2. The van der Waals surface area contributed by atoms with Crippen molar-refractivity contribution >= 4 is 22.7 Å². The van der Waals surface area contributed by atoms with Gasteiger partial charge in [-0.1, -0.05) is 24.3 Å². The minimum Gasteiger partial charge on any atom is -0.350 e. The second-order valence-electron chi connectivity index (χ2n) is 8.89. The van der Waals surface area contributed by atoms with Crippen LogP contribution in [0.15, 0.2) is 55.1 Å². The number of nitrogens with one attached hydrogen (secondary N) is 2. The third kappa shape index (κ3) is 4.31. The van der Waals surface area contributed by atoms with E-state index in [9.17, 15) is 9.59 Å². The van der Waals surface area contributed by atoms with E-state index in [0.717, 1.165) is 40.0 Å². The van der Waals surface area contributed by atoms with Crippen molar-refractivity contribution in [2.75, 3.05) is 6.54 Å². The number of rotatable bonds is 6. The second kappa shape index (κ2) is 9.13. The van der Waals surface area contributed by atoms with Gasteiger partial charge >= 0.3 is 0 Å². The quantitative estimate of drug-likeness (QED) is 0.463. The van der Waals surface area contributed by atoms with E-state index in [2.05, 4.69) is 24.8 Å². The number of H-pyrrole nitrogens is 1. The first-order valence-electron chi connectivity index (χ1n) is 11.6. The molecule has 1 aromatic carbocycles. The van der Waals surface area contributed by atoms with Gasteiger partial charge < -0.3 is 19.8 Å². The number of carbonyl (C=O) groups excluding carboxylic acids is 2. The number of pyridine rings is 1. The summed E-state index contributed by atoms with van der Waals surface area (Å²) in [6, 6.07) is 11.3. The number of benzene rings is 1. The van der Waals surface area contributed by atoms with Crippen LogP contribution in [0.25, 0.3) is 10.9 Å².